The molecular weight excluding hydrogens is 408 g/mol. The van der Waals surface area contributed by atoms with Crippen LogP contribution in [0.25, 0.3) is 6.08 Å². The van der Waals surface area contributed by atoms with Gasteiger partial charge in [0, 0.05) is 0 Å². The first kappa shape index (κ1) is 20.0. The number of carbonyl (C=O) groups excluding carboxylic acids is 3. The van der Waals surface area contributed by atoms with Gasteiger partial charge in [-0.3, -0.25) is 19.2 Å². The Kier molecular flexibility index (Phi) is 5.73. The SMILES string of the molecule is COc1cccc2c1OCN(CCON1C(=O)SC(=Cc3ccccc3)C1=O)C2=O. The van der Waals surface area contributed by atoms with Gasteiger partial charge in [0.1, 0.15) is 0 Å². The lowest BCUT2D eigenvalue weighted by atomic mass is 10.1. The van der Waals surface area contributed by atoms with Crippen molar-refractivity contribution < 1.29 is 28.7 Å². The molecule has 3 amide bonds. The molecule has 2 heterocycles. The van der Waals surface area contributed by atoms with E-state index in [-0.39, 0.29) is 30.7 Å². The van der Waals surface area contributed by atoms with Gasteiger partial charge in [-0.1, -0.05) is 36.4 Å². The summed E-state index contributed by atoms with van der Waals surface area (Å²) in [5.74, 6) is 0.126. The summed E-state index contributed by atoms with van der Waals surface area (Å²) in [6.45, 7) is 0.130. The zero-order valence-corrected chi connectivity index (χ0v) is 16.9. The minimum absolute atomic E-state index is 0.0192. The molecule has 2 aromatic rings. The van der Waals surface area contributed by atoms with Crippen LogP contribution >= 0.6 is 11.8 Å². The fourth-order valence-corrected chi connectivity index (χ4v) is 3.81. The Labute approximate surface area is 176 Å². The number of hydrogen-bond acceptors (Lipinski definition) is 7. The zero-order chi connectivity index (χ0) is 21.1. The normalized spacial score (nSPS) is 17.4. The second-order valence-electron chi connectivity index (χ2n) is 6.40. The summed E-state index contributed by atoms with van der Waals surface area (Å²) in [6, 6.07) is 14.3. The zero-order valence-electron chi connectivity index (χ0n) is 16.1. The van der Waals surface area contributed by atoms with Crippen LogP contribution in [0.4, 0.5) is 4.79 Å². The van der Waals surface area contributed by atoms with Crippen LogP contribution < -0.4 is 9.47 Å². The maximum Gasteiger partial charge on any atom is 0.317 e. The van der Waals surface area contributed by atoms with E-state index in [4.69, 9.17) is 14.3 Å². The second kappa shape index (κ2) is 8.60. The highest BCUT2D eigenvalue weighted by Gasteiger charge is 2.37. The van der Waals surface area contributed by atoms with Gasteiger partial charge in [0.15, 0.2) is 18.2 Å². The average molecular weight is 426 g/mol. The van der Waals surface area contributed by atoms with Crippen LogP contribution in [0.15, 0.2) is 53.4 Å². The molecule has 1 saturated heterocycles. The van der Waals surface area contributed by atoms with Crippen LogP contribution in [-0.2, 0) is 9.63 Å². The third-order valence-corrected chi connectivity index (χ3v) is 5.37. The quantitative estimate of drug-likeness (QED) is 0.656. The molecule has 0 radical (unpaired) electrons. The van der Waals surface area contributed by atoms with Crippen LogP contribution in [-0.4, -0.2) is 54.0 Å². The molecule has 0 aliphatic carbocycles. The van der Waals surface area contributed by atoms with E-state index in [2.05, 4.69) is 0 Å². The first-order valence-electron chi connectivity index (χ1n) is 9.13. The highest BCUT2D eigenvalue weighted by molar-refractivity contribution is 8.18. The van der Waals surface area contributed by atoms with Crippen molar-refractivity contribution in [3.63, 3.8) is 0 Å². The summed E-state index contributed by atoms with van der Waals surface area (Å²) in [5, 5.41) is 0.213. The molecule has 2 aromatic carbocycles. The number of hydroxylamine groups is 2. The number of methoxy groups -OCH3 is 1. The number of amides is 3. The molecule has 2 aliphatic rings. The first-order chi connectivity index (χ1) is 14.6. The number of hydrogen-bond donors (Lipinski definition) is 0. The van der Waals surface area contributed by atoms with Gasteiger partial charge >= 0.3 is 5.24 Å². The van der Waals surface area contributed by atoms with Crippen molar-refractivity contribution >= 4 is 34.9 Å². The van der Waals surface area contributed by atoms with E-state index < -0.39 is 11.1 Å². The Balaban J connectivity index is 1.36. The lowest BCUT2D eigenvalue weighted by Crippen LogP contribution is -2.42. The molecule has 0 unspecified atom stereocenters. The third kappa shape index (κ3) is 3.89. The Morgan fingerprint density at radius 2 is 1.87 bits per heavy atom. The molecule has 0 saturated carbocycles. The average Bonchev–Trinajstić information content (AvgIpc) is 3.03. The van der Waals surface area contributed by atoms with Gasteiger partial charge < -0.3 is 14.4 Å². The summed E-state index contributed by atoms with van der Waals surface area (Å²) in [7, 11) is 1.51. The Hall–Kier alpha value is -3.30. The van der Waals surface area contributed by atoms with E-state index in [0.29, 0.717) is 17.1 Å². The summed E-state index contributed by atoms with van der Waals surface area (Å²) >= 11 is 0.812. The van der Waals surface area contributed by atoms with Gasteiger partial charge in [0.25, 0.3) is 11.8 Å². The number of para-hydroxylation sites is 1. The number of fused-ring (bicyclic) bond motifs is 1. The van der Waals surface area contributed by atoms with Crippen molar-refractivity contribution in [3.05, 3.63) is 64.6 Å². The van der Waals surface area contributed by atoms with Gasteiger partial charge in [0.05, 0.1) is 30.7 Å². The number of carbonyl (C=O) groups is 3. The van der Waals surface area contributed by atoms with Crippen molar-refractivity contribution in [2.75, 3.05) is 27.0 Å². The van der Waals surface area contributed by atoms with Crippen molar-refractivity contribution in [1.29, 1.82) is 0 Å². The molecule has 30 heavy (non-hydrogen) atoms. The number of nitrogens with zero attached hydrogens (tertiary/aromatic N) is 2. The standard InChI is InChI=1S/C21H18N2O6S/c1-27-16-9-5-8-15-18(16)28-13-22(19(15)24)10-11-29-23-20(25)17(30-21(23)26)12-14-6-3-2-4-7-14/h2-9,12H,10-11,13H2,1H3. The fourth-order valence-electron chi connectivity index (χ4n) is 3.04. The topological polar surface area (TPSA) is 85.4 Å². The van der Waals surface area contributed by atoms with E-state index in [1.165, 1.54) is 12.0 Å². The minimum Gasteiger partial charge on any atom is -0.493 e. The maximum absolute atomic E-state index is 12.7. The Bertz CT molecular complexity index is 1020. The molecule has 9 heteroatoms. The van der Waals surface area contributed by atoms with Crippen LogP contribution in [0.5, 0.6) is 11.5 Å². The highest BCUT2D eigenvalue weighted by Crippen LogP contribution is 2.35. The molecule has 1 fully saturated rings. The number of rotatable bonds is 6. The van der Waals surface area contributed by atoms with Crippen LogP contribution in [0.2, 0.25) is 0 Å². The van der Waals surface area contributed by atoms with Gasteiger partial charge in [-0.25, -0.2) is 0 Å². The van der Waals surface area contributed by atoms with Gasteiger partial charge in [-0.2, -0.15) is 0 Å². The lowest BCUT2D eigenvalue weighted by Gasteiger charge is -2.29. The maximum atomic E-state index is 12.7. The molecule has 0 spiro atoms. The van der Waals surface area contributed by atoms with E-state index in [9.17, 15) is 14.4 Å². The number of imide groups is 1. The highest BCUT2D eigenvalue weighted by atomic mass is 32.2. The molecule has 154 valence electrons. The van der Waals surface area contributed by atoms with Crippen molar-refractivity contribution in [2.45, 2.75) is 0 Å². The van der Waals surface area contributed by atoms with E-state index >= 15 is 0 Å². The van der Waals surface area contributed by atoms with Crippen molar-refractivity contribution in [1.82, 2.24) is 9.96 Å². The van der Waals surface area contributed by atoms with E-state index in [1.807, 2.05) is 30.3 Å². The monoisotopic (exact) mass is 426 g/mol. The summed E-state index contributed by atoms with van der Waals surface area (Å²) in [6.07, 6.45) is 1.64. The molecule has 4 rings (SSSR count). The van der Waals surface area contributed by atoms with Crippen LogP contribution in [0.1, 0.15) is 15.9 Å². The largest absolute Gasteiger partial charge is 0.493 e. The van der Waals surface area contributed by atoms with Crippen molar-refractivity contribution in [3.8, 4) is 11.5 Å². The minimum atomic E-state index is -0.523. The van der Waals surface area contributed by atoms with Gasteiger partial charge in [-0.05, 0) is 35.5 Å². The number of benzene rings is 2. The first-order valence-corrected chi connectivity index (χ1v) is 9.95. The predicted molar refractivity (Wildman–Crippen MR) is 110 cm³/mol. The lowest BCUT2D eigenvalue weighted by molar-refractivity contribution is -0.160. The van der Waals surface area contributed by atoms with Crippen LogP contribution in [0.3, 0.4) is 0 Å². The van der Waals surface area contributed by atoms with E-state index in [1.54, 1.807) is 24.3 Å². The number of thioether (sulfide) groups is 1. The van der Waals surface area contributed by atoms with Gasteiger partial charge in [0.2, 0.25) is 0 Å². The molecule has 0 aromatic heterocycles. The second-order valence-corrected chi connectivity index (χ2v) is 7.39. The summed E-state index contributed by atoms with van der Waals surface area (Å²) in [4.78, 5) is 44.4. The predicted octanol–water partition coefficient (Wildman–Crippen LogP) is 3.16. The van der Waals surface area contributed by atoms with Crippen LogP contribution in [0, 0.1) is 0 Å². The molecule has 0 atom stereocenters. The van der Waals surface area contributed by atoms with Crippen molar-refractivity contribution in [2.24, 2.45) is 0 Å². The summed E-state index contributed by atoms with van der Waals surface area (Å²) < 4.78 is 10.9. The smallest absolute Gasteiger partial charge is 0.317 e. The Morgan fingerprint density at radius 3 is 2.63 bits per heavy atom. The fraction of sp³-hybridized carbons (Fsp3) is 0.190. The molecule has 8 nitrogen and oxygen atoms in total. The van der Waals surface area contributed by atoms with Gasteiger partial charge in [-0.15, -0.1) is 5.06 Å². The molecule has 2 aliphatic heterocycles. The molecular formula is C21H18N2O6S. The number of ether oxygens (including phenoxy) is 2. The summed E-state index contributed by atoms with van der Waals surface area (Å²) in [5.41, 5.74) is 1.20. The third-order valence-electron chi connectivity index (χ3n) is 4.52. The molecule has 0 bridgehead atoms. The van der Waals surface area contributed by atoms with E-state index in [0.717, 1.165) is 22.4 Å². The molecule has 0 N–H and O–H groups in total. The Morgan fingerprint density at radius 1 is 1.07 bits per heavy atom.